The van der Waals surface area contributed by atoms with Crippen molar-refractivity contribution < 1.29 is 8.42 Å². The Morgan fingerprint density at radius 1 is 1.30 bits per heavy atom. The monoisotopic (exact) mass is 296 g/mol. The van der Waals surface area contributed by atoms with E-state index in [9.17, 15) is 8.42 Å². The standard InChI is InChI=1S/C15H24N2O2S/c1-3-14-9-7-11-17(14)20(18,19)15-10-6-5-8-13(15)12-16-4-2/h5-6,8,10,14,16H,3-4,7,9,11-12H2,1-2H3. The first kappa shape index (κ1) is 15.5. The van der Waals surface area contributed by atoms with Crippen LogP contribution in [0.1, 0.15) is 38.7 Å². The first-order chi connectivity index (χ1) is 9.61. The molecule has 1 saturated heterocycles. The minimum atomic E-state index is -3.37. The Bertz CT molecular complexity index is 543. The van der Waals surface area contributed by atoms with Crippen LogP contribution in [0, 0.1) is 0 Å². The lowest BCUT2D eigenvalue weighted by Gasteiger charge is -2.24. The smallest absolute Gasteiger partial charge is 0.243 e. The van der Waals surface area contributed by atoms with Crippen LogP contribution in [-0.4, -0.2) is 31.9 Å². The Kier molecular flexibility index (Phi) is 5.18. The van der Waals surface area contributed by atoms with Gasteiger partial charge in [0.05, 0.1) is 4.90 Å². The van der Waals surface area contributed by atoms with Crippen molar-refractivity contribution in [3.05, 3.63) is 29.8 Å². The summed E-state index contributed by atoms with van der Waals surface area (Å²) < 4.78 is 27.5. The van der Waals surface area contributed by atoms with Crippen LogP contribution >= 0.6 is 0 Å². The van der Waals surface area contributed by atoms with Crippen LogP contribution in [0.25, 0.3) is 0 Å². The third-order valence-corrected chi connectivity index (χ3v) is 5.97. The Morgan fingerprint density at radius 3 is 2.75 bits per heavy atom. The van der Waals surface area contributed by atoms with Crippen molar-refractivity contribution in [2.45, 2.75) is 50.6 Å². The highest BCUT2D eigenvalue weighted by molar-refractivity contribution is 7.89. The number of nitrogens with zero attached hydrogens (tertiary/aromatic N) is 1. The van der Waals surface area contributed by atoms with Gasteiger partial charge in [-0.3, -0.25) is 0 Å². The van der Waals surface area contributed by atoms with E-state index in [1.807, 2.05) is 19.1 Å². The number of hydrogen-bond donors (Lipinski definition) is 1. The van der Waals surface area contributed by atoms with E-state index in [0.29, 0.717) is 18.0 Å². The zero-order valence-corrected chi connectivity index (χ0v) is 13.1. The predicted octanol–water partition coefficient (Wildman–Crippen LogP) is 2.36. The first-order valence-electron chi connectivity index (χ1n) is 7.41. The molecule has 5 heteroatoms. The second-order valence-electron chi connectivity index (χ2n) is 5.21. The highest BCUT2D eigenvalue weighted by Crippen LogP contribution is 2.29. The average molecular weight is 296 g/mol. The summed E-state index contributed by atoms with van der Waals surface area (Å²) in [6, 6.07) is 7.48. The van der Waals surface area contributed by atoms with E-state index in [4.69, 9.17) is 0 Å². The van der Waals surface area contributed by atoms with Gasteiger partial charge in [0.2, 0.25) is 10.0 Å². The van der Waals surface area contributed by atoms with Crippen LogP contribution in [-0.2, 0) is 16.6 Å². The molecule has 0 aromatic heterocycles. The van der Waals surface area contributed by atoms with Gasteiger partial charge in [-0.15, -0.1) is 0 Å². The molecule has 1 unspecified atom stereocenters. The number of hydrogen-bond acceptors (Lipinski definition) is 3. The number of rotatable bonds is 6. The van der Waals surface area contributed by atoms with Crippen LogP contribution in [0.2, 0.25) is 0 Å². The molecule has 1 aromatic carbocycles. The largest absolute Gasteiger partial charge is 0.313 e. The highest BCUT2D eigenvalue weighted by atomic mass is 32.2. The summed E-state index contributed by atoms with van der Waals surface area (Å²) in [5, 5.41) is 3.21. The maximum Gasteiger partial charge on any atom is 0.243 e. The van der Waals surface area contributed by atoms with Crippen LogP contribution in [0.15, 0.2) is 29.2 Å². The summed E-state index contributed by atoms with van der Waals surface area (Å²) in [6.07, 6.45) is 2.83. The molecule has 20 heavy (non-hydrogen) atoms. The molecule has 1 atom stereocenters. The molecule has 1 heterocycles. The molecule has 112 valence electrons. The Hall–Kier alpha value is -0.910. The van der Waals surface area contributed by atoms with Gasteiger partial charge in [0.15, 0.2) is 0 Å². The van der Waals surface area contributed by atoms with Gasteiger partial charge in [0.25, 0.3) is 0 Å². The maximum absolute atomic E-state index is 12.9. The fourth-order valence-corrected chi connectivity index (χ4v) is 4.81. The molecule has 1 aliphatic rings. The molecule has 0 aliphatic carbocycles. The number of nitrogens with one attached hydrogen (secondary N) is 1. The lowest BCUT2D eigenvalue weighted by Crippen LogP contribution is -2.35. The number of sulfonamides is 1. The van der Waals surface area contributed by atoms with E-state index in [1.54, 1.807) is 16.4 Å². The van der Waals surface area contributed by atoms with E-state index in [-0.39, 0.29) is 6.04 Å². The van der Waals surface area contributed by atoms with Gasteiger partial charge in [-0.1, -0.05) is 32.0 Å². The van der Waals surface area contributed by atoms with Crippen molar-refractivity contribution in [3.63, 3.8) is 0 Å². The fraction of sp³-hybridized carbons (Fsp3) is 0.600. The Labute approximate surface area is 122 Å². The van der Waals surface area contributed by atoms with Crippen molar-refractivity contribution in [1.29, 1.82) is 0 Å². The molecule has 0 radical (unpaired) electrons. The summed E-state index contributed by atoms with van der Waals surface area (Å²) in [7, 11) is -3.37. The molecule has 1 aromatic rings. The number of benzene rings is 1. The summed E-state index contributed by atoms with van der Waals surface area (Å²) in [5.41, 5.74) is 0.858. The highest BCUT2D eigenvalue weighted by Gasteiger charge is 2.35. The lowest BCUT2D eigenvalue weighted by molar-refractivity contribution is 0.379. The first-order valence-corrected chi connectivity index (χ1v) is 8.85. The van der Waals surface area contributed by atoms with Gasteiger partial charge in [-0.25, -0.2) is 8.42 Å². The van der Waals surface area contributed by atoms with Crippen LogP contribution in [0.3, 0.4) is 0 Å². The summed E-state index contributed by atoms with van der Waals surface area (Å²) in [5.74, 6) is 0. The lowest BCUT2D eigenvalue weighted by atomic mass is 10.2. The van der Waals surface area contributed by atoms with Crippen LogP contribution in [0.5, 0.6) is 0 Å². The zero-order valence-electron chi connectivity index (χ0n) is 12.3. The van der Waals surface area contributed by atoms with Crippen molar-refractivity contribution >= 4 is 10.0 Å². The van der Waals surface area contributed by atoms with Gasteiger partial charge in [0, 0.05) is 19.1 Å². The van der Waals surface area contributed by atoms with E-state index in [2.05, 4.69) is 12.2 Å². The Morgan fingerprint density at radius 2 is 2.05 bits per heavy atom. The van der Waals surface area contributed by atoms with E-state index in [0.717, 1.165) is 31.4 Å². The van der Waals surface area contributed by atoms with E-state index >= 15 is 0 Å². The maximum atomic E-state index is 12.9. The van der Waals surface area contributed by atoms with Gasteiger partial charge in [-0.05, 0) is 37.4 Å². The molecule has 0 amide bonds. The molecule has 2 rings (SSSR count). The zero-order chi connectivity index (χ0) is 14.6. The quantitative estimate of drug-likeness (QED) is 0.876. The minimum Gasteiger partial charge on any atom is -0.313 e. The fourth-order valence-electron chi connectivity index (χ4n) is 2.82. The molecular formula is C15H24N2O2S. The van der Waals surface area contributed by atoms with Gasteiger partial charge in [0.1, 0.15) is 0 Å². The summed E-state index contributed by atoms with van der Waals surface area (Å²) in [4.78, 5) is 0.460. The third-order valence-electron chi connectivity index (χ3n) is 3.92. The van der Waals surface area contributed by atoms with Crippen molar-refractivity contribution in [3.8, 4) is 0 Å². The SMILES string of the molecule is CCNCc1ccccc1S(=O)(=O)N1CCCC1CC. The molecular weight excluding hydrogens is 272 g/mol. The summed E-state index contributed by atoms with van der Waals surface area (Å²) >= 11 is 0. The Balaban J connectivity index is 2.34. The molecule has 4 nitrogen and oxygen atoms in total. The van der Waals surface area contributed by atoms with Gasteiger partial charge < -0.3 is 5.32 Å². The van der Waals surface area contributed by atoms with Crippen molar-refractivity contribution in [2.75, 3.05) is 13.1 Å². The normalized spacial score (nSPS) is 20.4. The molecule has 0 saturated carbocycles. The molecule has 1 N–H and O–H groups in total. The van der Waals surface area contributed by atoms with Crippen LogP contribution < -0.4 is 5.32 Å². The van der Waals surface area contributed by atoms with E-state index < -0.39 is 10.0 Å². The minimum absolute atomic E-state index is 0.159. The predicted molar refractivity (Wildman–Crippen MR) is 81.0 cm³/mol. The molecule has 0 spiro atoms. The van der Waals surface area contributed by atoms with Crippen molar-refractivity contribution in [2.24, 2.45) is 0 Å². The van der Waals surface area contributed by atoms with Crippen molar-refractivity contribution in [1.82, 2.24) is 9.62 Å². The third kappa shape index (κ3) is 3.05. The summed E-state index contributed by atoms with van der Waals surface area (Å²) in [6.45, 7) is 6.15. The second-order valence-corrected chi connectivity index (χ2v) is 7.07. The molecule has 1 aliphatic heterocycles. The van der Waals surface area contributed by atoms with E-state index in [1.165, 1.54) is 0 Å². The van der Waals surface area contributed by atoms with Gasteiger partial charge >= 0.3 is 0 Å². The average Bonchev–Trinajstić information content (AvgIpc) is 2.94. The topological polar surface area (TPSA) is 49.4 Å². The van der Waals surface area contributed by atoms with Gasteiger partial charge in [-0.2, -0.15) is 4.31 Å². The second kappa shape index (κ2) is 6.70. The molecule has 1 fully saturated rings. The molecule has 0 bridgehead atoms. The van der Waals surface area contributed by atoms with Crippen LogP contribution in [0.4, 0.5) is 0 Å².